The van der Waals surface area contributed by atoms with E-state index in [-0.39, 0.29) is 0 Å². The SMILES string of the molecule is CC(C)C(C)(C)CNC1CCCC1(C)C. The van der Waals surface area contributed by atoms with Gasteiger partial charge in [-0.3, -0.25) is 0 Å². The second kappa shape index (κ2) is 4.45. The number of nitrogens with one attached hydrogen (secondary N) is 1. The van der Waals surface area contributed by atoms with Gasteiger partial charge in [0.1, 0.15) is 0 Å². The molecule has 1 rings (SSSR count). The van der Waals surface area contributed by atoms with E-state index in [1.54, 1.807) is 0 Å². The van der Waals surface area contributed by atoms with Crippen LogP contribution in [0.1, 0.15) is 60.8 Å². The van der Waals surface area contributed by atoms with E-state index in [1.165, 1.54) is 19.3 Å². The molecular formula is C14H29N. The molecule has 1 heteroatoms. The van der Waals surface area contributed by atoms with Crippen molar-refractivity contribution in [2.24, 2.45) is 16.7 Å². The third-order valence-electron chi connectivity index (χ3n) is 4.62. The van der Waals surface area contributed by atoms with E-state index in [1.807, 2.05) is 0 Å². The van der Waals surface area contributed by atoms with Crippen LogP contribution in [0.5, 0.6) is 0 Å². The molecule has 1 nitrogen and oxygen atoms in total. The van der Waals surface area contributed by atoms with Crippen molar-refractivity contribution in [2.75, 3.05) is 6.54 Å². The average molecular weight is 211 g/mol. The van der Waals surface area contributed by atoms with Crippen molar-refractivity contribution in [1.82, 2.24) is 5.32 Å². The van der Waals surface area contributed by atoms with Crippen molar-refractivity contribution < 1.29 is 0 Å². The smallest absolute Gasteiger partial charge is 0.0118 e. The van der Waals surface area contributed by atoms with Crippen LogP contribution in [-0.2, 0) is 0 Å². The Morgan fingerprint density at radius 1 is 1.33 bits per heavy atom. The summed E-state index contributed by atoms with van der Waals surface area (Å²) < 4.78 is 0. The number of hydrogen-bond donors (Lipinski definition) is 1. The van der Waals surface area contributed by atoms with E-state index in [0.717, 1.165) is 18.5 Å². The van der Waals surface area contributed by atoms with Gasteiger partial charge in [0, 0.05) is 12.6 Å². The Balaban J connectivity index is 2.44. The quantitative estimate of drug-likeness (QED) is 0.745. The Bertz CT molecular complexity index is 203. The molecule has 1 aliphatic carbocycles. The lowest BCUT2D eigenvalue weighted by Gasteiger charge is -2.35. The molecule has 90 valence electrons. The van der Waals surface area contributed by atoms with Gasteiger partial charge < -0.3 is 5.32 Å². The molecule has 1 fully saturated rings. The fourth-order valence-corrected chi connectivity index (χ4v) is 2.30. The summed E-state index contributed by atoms with van der Waals surface area (Å²) >= 11 is 0. The molecule has 0 amide bonds. The molecule has 0 bridgehead atoms. The van der Waals surface area contributed by atoms with Gasteiger partial charge in [-0.1, -0.05) is 48.0 Å². The maximum Gasteiger partial charge on any atom is 0.0118 e. The van der Waals surface area contributed by atoms with E-state index in [0.29, 0.717) is 10.8 Å². The minimum Gasteiger partial charge on any atom is -0.313 e. The molecule has 0 heterocycles. The third-order valence-corrected chi connectivity index (χ3v) is 4.62. The van der Waals surface area contributed by atoms with Gasteiger partial charge in [0.25, 0.3) is 0 Å². The summed E-state index contributed by atoms with van der Waals surface area (Å²) in [6.45, 7) is 15.3. The Labute approximate surface area is 96.0 Å². The molecule has 1 N–H and O–H groups in total. The second-order valence-corrected chi connectivity index (χ2v) is 6.96. The van der Waals surface area contributed by atoms with Gasteiger partial charge in [-0.25, -0.2) is 0 Å². The highest BCUT2D eigenvalue weighted by atomic mass is 14.9. The molecule has 1 saturated carbocycles. The highest BCUT2D eigenvalue weighted by Crippen LogP contribution is 2.37. The number of hydrogen-bond acceptors (Lipinski definition) is 1. The topological polar surface area (TPSA) is 12.0 Å². The van der Waals surface area contributed by atoms with Crippen LogP contribution in [0.25, 0.3) is 0 Å². The van der Waals surface area contributed by atoms with Crippen LogP contribution in [-0.4, -0.2) is 12.6 Å². The van der Waals surface area contributed by atoms with Gasteiger partial charge in [0.2, 0.25) is 0 Å². The maximum absolute atomic E-state index is 3.79. The summed E-state index contributed by atoms with van der Waals surface area (Å²) in [5, 5.41) is 3.79. The third kappa shape index (κ3) is 3.21. The van der Waals surface area contributed by atoms with Crippen molar-refractivity contribution in [2.45, 2.75) is 66.8 Å². The van der Waals surface area contributed by atoms with E-state index in [9.17, 15) is 0 Å². The van der Waals surface area contributed by atoms with Crippen LogP contribution in [0.15, 0.2) is 0 Å². The minimum atomic E-state index is 0.415. The lowest BCUT2D eigenvalue weighted by atomic mass is 9.80. The van der Waals surface area contributed by atoms with Crippen molar-refractivity contribution in [3.63, 3.8) is 0 Å². The fourth-order valence-electron chi connectivity index (χ4n) is 2.30. The molecule has 0 radical (unpaired) electrons. The van der Waals surface area contributed by atoms with Crippen molar-refractivity contribution in [3.05, 3.63) is 0 Å². The Kier molecular flexibility index (Phi) is 3.86. The van der Waals surface area contributed by atoms with E-state index in [4.69, 9.17) is 0 Å². The van der Waals surface area contributed by atoms with Crippen LogP contribution in [0.2, 0.25) is 0 Å². The first-order valence-electron chi connectivity index (χ1n) is 6.49. The van der Waals surface area contributed by atoms with Gasteiger partial charge in [-0.15, -0.1) is 0 Å². The summed E-state index contributed by atoms with van der Waals surface area (Å²) in [5.74, 6) is 0.745. The van der Waals surface area contributed by atoms with Crippen molar-refractivity contribution in [3.8, 4) is 0 Å². The number of rotatable bonds is 4. The predicted octanol–water partition coefficient (Wildman–Crippen LogP) is 3.84. The second-order valence-electron chi connectivity index (χ2n) is 6.96. The lowest BCUT2D eigenvalue weighted by molar-refractivity contribution is 0.198. The van der Waals surface area contributed by atoms with E-state index >= 15 is 0 Å². The maximum atomic E-state index is 3.79. The summed E-state index contributed by atoms with van der Waals surface area (Å²) in [7, 11) is 0. The van der Waals surface area contributed by atoms with Gasteiger partial charge in [-0.05, 0) is 29.6 Å². The van der Waals surface area contributed by atoms with Crippen molar-refractivity contribution in [1.29, 1.82) is 0 Å². The van der Waals surface area contributed by atoms with Crippen LogP contribution in [0, 0.1) is 16.7 Å². The highest BCUT2D eigenvalue weighted by molar-refractivity contribution is 4.91. The summed E-state index contributed by atoms with van der Waals surface area (Å²) in [5.41, 5.74) is 0.922. The zero-order valence-electron chi connectivity index (χ0n) is 11.5. The van der Waals surface area contributed by atoms with Crippen LogP contribution in [0.3, 0.4) is 0 Å². The molecule has 1 unspecified atom stereocenters. The molecular weight excluding hydrogens is 182 g/mol. The average Bonchev–Trinajstić information content (AvgIpc) is 2.41. The van der Waals surface area contributed by atoms with Gasteiger partial charge in [0.15, 0.2) is 0 Å². The van der Waals surface area contributed by atoms with Gasteiger partial charge in [0.05, 0.1) is 0 Å². The Hall–Kier alpha value is -0.0400. The molecule has 1 aliphatic rings. The highest BCUT2D eigenvalue weighted by Gasteiger charge is 2.35. The first-order chi connectivity index (χ1) is 6.76. The molecule has 0 aromatic rings. The minimum absolute atomic E-state index is 0.415. The molecule has 15 heavy (non-hydrogen) atoms. The molecule has 0 spiro atoms. The van der Waals surface area contributed by atoms with E-state index < -0.39 is 0 Å². The largest absolute Gasteiger partial charge is 0.313 e. The van der Waals surface area contributed by atoms with Crippen LogP contribution < -0.4 is 5.32 Å². The summed E-state index contributed by atoms with van der Waals surface area (Å²) in [4.78, 5) is 0. The first kappa shape index (κ1) is 13.0. The summed E-state index contributed by atoms with van der Waals surface area (Å²) in [6, 6.07) is 0.732. The van der Waals surface area contributed by atoms with E-state index in [2.05, 4.69) is 46.9 Å². The summed E-state index contributed by atoms with van der Waals surface area (Å²) in [6.07, 6.45) is 4.14. The standard InChI is InChI=1S/C14H29N/c1-11(2)14(5,6)10-15-12-8-7-9-13(12,3)4/h11-12,15H,7-10H2,1-6H3. The predicted molar refractivity (Wildman–Crippen MR) is 68.0 cm³/mol. The normalized spacial score (nSPS) is 26.2. The Morgan fingerprint density at radius 2 is 1.93 bits per heavy atom. The molecule has 1 atom stereocenters. The van der Waals surface area contributed by atoms with Crippen LogP contribution in [0.4, 0.5) is 0 Å². The molecule has 0 aromatic carbocycles. The van der Waals surface area contributed by atoms with Crippen molar-refractivity contribution >= 4 is 0 Å². The molecule has 0 aliphatic heterocycles. The monoisotopic (exact) mass is 211 g/mol. The lowest BCUT2D eigenvalue weighted by Crippen LogP contribution is -2.43. The first-order valence-corrected chi connectivity index (χ1v) is 6.49. The molecule has 0 saturated heterocycles. The van der Waals surface area contributed by atoms with Crippen LogP contribution >= 0.6 is 0 Å². The zero-order valence-corrected chi connectivity index (χ0v) is 11.5. The van der Waals surface area contributed by atoms with Gasteiger partial charge in [-0.2, -0.15) is 0 Å². The fraction of sp³-hybridized carbons (Fsp3) is 1.00. The van der Waals surface area contributed by atoms with Gasteiger partial charge >= 0.3 is 0 Å². The Morgan fingerprint density at radius 3 is 2.33 bits per heavy atom. The zero-order chi connectivity index (χ0) is 11.7. The molecule has 0 aromatic heterocycles.